The molecule has 1 atom stereocenters. The number of carbonyl (C=O) groups is 1. The van der Waals surface area contributed by atoms with Crippen LogP contribution in [0.3, 0.4) is 0 Å². The first kappa shape index (κ1) is 22.3. The molecule has 0 aromatic heterocycles. The molecule has 0 radical (unpaired) electrons. The molecule has 1 N–H and O–H groups in total. The summed E-state index contributed by atoms with van der Waals surface area (Å²) in [6.07, 6.45) is 1.24. The van der Waals surface area contributed by atoms with E-state index in [1.54, 1.807) is 25.1 Å². The maximum absolute atomic E-state index is 13.0. The Morgan fingerprint density at radius 1 is 1.21 bits per heavy atom. The van der Waals surface area contributed by atoms with Gasteiger partial charge in [0.2, 0.25) is 15.9 Å². The number of nitrogens with zero attached hydrogens (tertiary/aromatic N) is 1. The second-order valence-corrected chi connectivity index (χ2v) is 8.97. The molecule has 2 rings (SSSR count). The largest absolute Gasteiger partial charge is 0.495 e. The number of nitrogens with one attached hydrogen (secondary N) is 1. The molecule has 152 valence electrons. The molecule has 0 saturated carbocycles. The molecule has 0 heterocycles. The molecule has 0 aliphatic heterocycles. The number of methoxy groups -OCH3 is 1. The highest BCUT2D eigenvalue weighted by molar-refractivity contribution is 7.92. The van der Waals surface area contributed by atoms with Crippen LogP contribution < -0.4 is 14.4 Å². The summed E-state index contributed by atoms with van der Waals surface area (Å²) < 4.78 is 31.4. The van der Waals surface area contributed by atoms with Gasteiger partial charge < -0.3 is 10.1 Å². The van der Waals surface area contributed by atoms with E-state index in [0.717, 1.165) is 16.1 Å². The van der Waals surface area contributed by atoms with Gasteiger partial charge in [-0.1, -0.05) is 36.2 Å². The summed E-state index contributed by atoms with van der Waals surface area (Å²) in [4.78, 5) is 13.0. The van der Waals surface area contributed by atoms with Gasteiger partial charge in [-0.15, -0.1) is 0 Å². The van der Waals surface area contributed by atoms with Crippen LogP contribution in [0.2, 0.25) is 10.0 Å². The van der Waals surface area contributed by atoms with E-state index in [1.807, 2.05) is 13.0 Å². The zero-order valence-electron chi connectivity index (χ0n) is 16.0. The lowest BCUT2D eigenvalue weighted by Gasteiger charge is -2.31. The maximum atomic E-state index is 13.0. The number of rotatable bonds is 7. The van der Waals surface area contributed by atoms with E-state index in [4.69, 9.17) is 27.9 Å². The monoisotopic (exact) mass is 444 g/mol. The summed E-state index contributed by atoms with van der Waals surface area (Å²) in [6, 6.07) is 8.76. The summed E-state index contributed by atoms with van der Waals surface area (Å²) in [6.45, 7) is 3.59. The molecule has 0 spiro atoms. The van der Waals surface area contributed by atoms with Gasteiger partial charge in [-0.2, -0.15) is 0 Å². The van der Waals surface area contributed by atoms with Crippen molar-refractivity contribution in [2.24, 2.45) is 0 Å². The van der Waals surface area contributed by atoms with Crippen LogP contribution in [0.4, 0.5) is 11.4 Å². The lowest BCUT2D eigenvalue weighted by Crippen LogP contribution is -2.47. The Kier molecular flexibility index (Phi) is 7.20. The number of halogens is 2. The minimum atomic E-state index is -3.83. The van der Waals surface area contributed by atoms with Gasteiger partial charge in [-0.05, 0) is 49.2 Å². The Morgan fingerprint density at radius 3 is 2.46 bits per heavy atom. The molecule has 6 nitrogen and oxygen atoms in total. The van der Waals surface area contributed by atoms with Gasteiger partial charge in [0, 0.05) is 5.02 Å². The fourth-order valence-electron chi connectivity index (χ4n) is 2.83. The fourth-order valence-corrected chi connectivity index (χ4v) is 4.47. The summed E-state index contributed by atoms with van der Waals surface area (Å²) in [5.74, 6) is -0.0339. The van der Waals surface area contributed by atoms with Gasteiger partial charge in [0.15, 0.2) is 0 Å². The molecular formula is C19H22Cl2N2O4S. The minimum Gasteiger partial charge on any atom is -0.495 e. The molecule has 28 heavy (non-hydrogen) atoms. The average molecular weight is 445 g/mol. The van der Waals surface area contributed by atoms with Gasteiger partial charge >= 0.3 is 0 Å². The number of benzene rings is 2. The second-order valence-electron chi connectivity index (χ2n) is 6.27. The Bertz CT molecular complexity index is 980. The molecule has 2 aromatic carbocycles. The summed E-state index contributed by atoms with van der Waals surface area (Å²) in [7, 11) is -2.34. The van der Waals surface area contributed by atoms with E-state index in [2.05, 4.69) is 5.32 Å². The van der Waals surface area contributed by atoms with E-state index in [-0.39, 0.29) is 17.1 Å². The van der Waals surface area contributed by atoms with Gasteiger partial charge in [0.1, 0.15) is 11.8 Å². The van der Waals surface area contributed by atoms with E-state index in [9.17, 15) is 13.2 Å². The molecule has 0 aliphatic carbocycles. The number of hydrogen-bond donors (Lipinski definition) is 1. The number of aryl methyl sites for hydroxylation is 1. The van der Waals surface area contributed by atoms with Crippen molar-refractivity contribution in [1.82, 2.24) is 0 Å². The summed E-state index contributed by atoms with van der Waals surface area (Å²) >= 11 is 12.2. The van der Waals surface area contributed by atoms with Crippen molar-refractivity contribution in [3.8, 4) is 5.75 Å². The standard InChI is InChI=1S/C19H22Cl2N2O4S/c1-5-16(19(24)22-15-10-12(2)6-9-18(15)27-3)23(28(4,25)26)17-11-13(20)7-8-14(17)21/h6-11,16H,5H2,1-4H3,(H,22,24)/t16-/m1/s1. The quantitative estimate of drug-likeness (QED) is 0.681. The molecule has 2 aromatic rings. The first-order valence-corrected chi connectivity index (χ1v) is 11.1. The third-order valence-corrected chi connectivity index (χ3v) is 5.81. The highest BCUT2D eigenvalue weighted by atomic mass is 35.5. The molecule has 0 aliphatic rings. The smallest absolute Gasteiger partial charge is 0.248 e. The fraction of sp³-hybridized carbons (Fsp3) is 0.316. The second kappa shape index (κ2) is 9.03. The molecule has 0 unspecified atom stereocenters. The van der Waals surface area contributed by atoms with Crippen molar-refractivity contribution in [2.75, 3.05) is 23.0 Å². The van der Waals surface area contributed by atoms with Crippen LogP contribution in [0.15, 0.2) is 36.4 Å². The number of amides is 1. The zero-order valence-corrected chi connectivity index (χ0v) is 18.3. The predicted octanol–water partition coefficient (Wildman–Crippen LogP) is 4.49. The van der Waals surface area contributed by atoms with Gasteiger partial charge in [0.25, 0.3) is 0 Å². The number of sulfonamides is 1. The number of hydrogen-bond acceptors (Lipinski definition) is 4. The summed E-state index contributed by atoms with van der Waals surface area (Å²) in [5, 5.41) is 3.25. The van der Waals surface area contributed by atoms with Crippen molar-refractivity contribution in [1.29, 1.82) is 0 Å². The zero-order chi connectivity index (χ0) is 21.1. The first-order chi connectivity index (χ1) is 13.1. The highest BCUT2D eigenvalue weighted by Gasteiger charge is 2.33. The van der Waals surface area contributed by atoms with Crippen LogP contribution in [-0.4, -0.2) is 33.7 Å². The van der Waals surface area contributed by atoms with Gasteiger partial charge in [0.05, 0.1) is 29.8 Å². The van der Waals surface area contributed by atoms with E-state index < -0.39 is 22.0 Å². The average Bonchev–Trinajstić information content (AvgIpc) is 2.61. The Morgan fingerprint density at radius 2 is 1.89 bits per heavy atom. The Hall–Kier alpha value is -1.96. The van der Waals surface area contributed by atoms with Crippen LogP contribution in [0.25, 0.3) is 0 Å². The lowest BCUT2D eigenvalue weighted by molar-refractivity contribution is -0.117. The van der Waals surface area contributed by atoms with Crippen molar-refractivity contribution in [3.05, 3.63) is 52.0 Å². The van der Waals surface area contributed by atoms with Crippen LogP contribution in [0, 0.1) is 6.92 Å². The predicted molar refractivity (Wildman–Crippen MR) is 114 cm³/mol. The first-order valence-electron chi connectivity index (χ1n) is 8.48. The highest BCUT2D eigenvalue weighted by Crippen LogP contribution is 2.33. The van der Waals surface area contributed by atoms with Crippen molar-refractivity contribution in [3.63, 3.8) is 0 Å². The SMILES string of the molecule is CC[C@H](C(=O)Nc1cc(C)ccc1OC)N(c1cc(Cl)ccc1Cl)S(C)(=O)=O. The van der Waals surface area contributed by atoms with Crippen LogP contribution >= 0.6 is 23.2 Å². The van der Waals surface area contributed by atoms with Crippen LogP contribution in [0.1, 0.15) is 18.9 Å². The minimum absolute atomic E-state index is 0.148. The third-order valence-electron chi connectivity index (χ3n) is 4.09. The van der Waals surface area contributed by atoms with Crippen LogP contribution in [-0.2, 0) is 14.8 Å². The van der Waals surface area contributed by atoms with Crippen molar-refractivity contribution < 1.29 is 17.9 Å². The number of carbonyl (C=O) groups excluding carboxylic acids is 1. The topological polar surface area (TPSA) is 75.7 Å². The van der Waals surface area contributed by atoms with Gasteiger partial charge in [-0.25, -0.2) is 8.42 Å². The molecule has 0 saturated heterocycles. The maximum Gasteiger partial charge on any atom is 0.248 e. The number of ether oxygens (including phenoxy) is 1. The van der Waals surface area contributed by atoms with Crippen LogP contribution in [0.5, 0.6) is 5.75 Å². The molecule has 0 fully saturated rings. The Balaban J connectivity index is 2.48. The molecular weight excluding hydrogens is 423 g/mol. The van der Waals surface area contributed by atoms with Crippen molar-refractivity contribution in [2.45, 2.75) is 26.3 Å². The molecule has 0 bridgehead atoms. The Labute approximate surface area is 175 Å². The number of anilines is 2. The summed E-state index contributed by atoms with van der Waals surface area (Å²) in [5.41, 5.74) is 1.52. The van der Waals surface area contributed by atoms with E-state index >= 15 is 0 Å². The molecule has 9 heteroatoms. The normalized spacial score (nSPS) is 12.4. The molecule has 1 amide bonds. The van der Waals surface area contributed by atoms with Crippen molar-refractivity contribution >= 4 is 50.5 Å². The lowest BCUT2D eigenvalue weighted by atomic mass is 10.1. The van der Waals surface area contributed by atoms with E-state index in [0.29, 0.717) is 16.5 Å². The third kappa shape index (κ3) is 5.10. The van der Waals surface area contributed by atoms with E-state index in [1.165, 1.54) is 19.2 Å². The van der Waals surface area contributed by atoms with Gasteiger partial charge in [-0.3, -0.25) is 9.10 Å².